The van der Waals surface area contributed by atoms with Crippen LogP contribution in [0.5, 0.6) is 0 Å². The Morgan fingerprint density at radius 2 is 2.24 bits per heavy atom. The zero-order valence-electron chi connectivity index (χ0n) is 11.7. The Kier molecular flexibility index (Phi) is 4.59. The second-order valence-corrected chi connectivity index (χ2v) is 5.57. The molecule has 0 unspecified atom stereocenters. The van der Waals surface area contributed by atoms with Gasteiger partial charge in [-0.25, -0.2) is 4.79 Å². The number of carboxylic acid groups (broad SMARTS) is 1. The minimum absolute atomic E-state index is 0.0997. The number of amides is 1. The average Bonchev–Trinajstić information content (AvgIpc) is 3.04. The average molecular weight is 305 g/mol. The van der Waals surface area contributed by atoms with Crippen LogP contribution in [0.2, 0.25) is 0 Å². The second-order valence-electron chi connectivity index (χ2n) is 4.57. The van der Waals surface area contributed by atoms with Gasteiger partial charge in [-0.15, -0.1) is 11.3 Å². The van der Waals surface area contributed by atoms with E-state index in [9.17, 15) is 9.59 Å². The first-order valence-electron chi connectivity index (χ1n) is 6.25. The number of nitrogens with zero attached hydrogens (tertiary/aromatic N) is 1. The molecule has 110 valence electrons. The normalized spacial score (nSPS) is 11.0. The van der Waals surface area contributed by atoms with Crippen LogP contribution in [0.25, 0.3) is 6.08 Å². The van der Waals surface area contributed by atoms with Crippen molar-refractivity contribution in [1.82, 2.24) is 4.90 Å². The third-order valence-electron chi connectivity index (χ3n) is 2.92. The molecule has 0 aliphatic heterocycles. The van der Waals surface area contributed by atoms with Crippen LogP contribution in [-0.2, 0) is 11.3 Å². The standard InChI is InChI=1S/C15H15NO4S/c1-10-13(5-6-20-10)15(19)16(2)8-12-7-11(9-21-12)3-4-14(17)18/h3-7,9H,8H2,1-2H3,(H,17,18). The highest BCUT2D eigenvalue weighted by Gasteiger charge is 2.16. The summed E-state index contributed by atoms with van der Waals surface area (Å²) in [5, 5.41) is 10.4. The number of rotatable bonds is 5. The highest BCUT2D eigenvalue weighted by Crippen LogP contribution is 2.19. The summed E-state index contributed by atoms with van der Waals surface area (Å²) in [5.41, 5.74) is 1.37. The largest absolute Gasteiger partial charge is 0.478 e. The van der Waals surface area contributed by atoms with Crippen LogP contribution in [-0.4, -0.2) is 28.9 Å². The quantitative estimate of drug-likeness (QED) is 0.862. The third-order valence-corrected chi connectivity index (χ3v) is 3.86. The van der Waals surface area contributed by atoms with Gasteiger partial charge in [-0.2, -0.15) is 0 Å². The molecule has 0 atom stereocenters. The lowest BCUT2D eigenvalue weighted by Gasteiger charge is -2.15. The van der Waals surface area contributed by atoms with Gasteiger partial charge in [0.15, 0.2) is 0 Å². The highest BCUT2D eigenvalue weighted by molar-refractivity contribution is 7.10. The van der Waals surface area contributed by atoms with Crippen molar-refractivity contribution in [2.75, 3.05) is 7.05 Å². The molecule has 2 heterocycles. The predicted molar refractivity (Wildman–Crippen MR) is 80.2 cm³/mol. The molecule has 0 aliphatic rings. The molecule has 0 bridgehead atoms. The Morgan fingerprint density at radius 3 is 2.86 bits per heavy atom. The van der Waals surface area contributed by atoms with E-state index in [1.165, 1.54) is 23.7 Å². The second kappa shape index (κ2) is 6.41. The summed E-state index contributed by atoms with van der Waals surface area (Å²) in [6, 6.07) is 3.53. The van der Waals surface area contributed by atoms with Gasteiger partial charge in [0.05, 0.1) is 18.4 Å². The SMILES string of the molecule is Cc1occc1C(=O)N(C)Cc1cc(C=CC(=O)O)cs1. The summed E-state index contributed by atoms with van der Waals surface area (Å²) in [6.45, 7) is 2.22. The maximum absolute atomic E-state index is 12.2. The Morgan fingerprint density at radius 1 is 1.48 bits per heavy atom. The number of aliphatic carboxylic acids is 1. The van der Waals surface area contributed by atoms with Crippen LogP contribution in [0.4, 0.5) is 0 Å². The van der Waals surface area contributed by atoms with Crippen molar-refractivity contribution in [3.8, 4) is 0 Å². The molecular formula is C15H15NO4S. The summed E-state index contributed by atoms with van der Waals surface area (Å²) in [6.07, 6.45) is 4.12. The number of aryl methyl sites for hydroxylation is 1. The highest BCUT2D eigenvalue weighted by atomic mass is 32.1. The fourth-order valence-electron chi connectivity index (χ4n) is 1.85. The van der Waals surface area contributed by atoms with Crippen LogP contribution >= 0.6 is 11.3 Å². The van der Waals surface area contributed by atoms with Gasteiger partial charge in [0.1, 0.15) is 5.76 Å². The summed E-state index contributed by atoms with van der Waals surface area (Å²) >= 11 is 1.49. The first kappa shape index (κ1) is 15.1. The van der Waals surface area contributed by atoms with Crippen LogP contribution in [0.15, 0.2) is 34.3 Å². The summed E-state index contributed by atoms with van der Waals surface area (Å²) in [4.78, 5) is 25.3. The van der Waals surface area contributed by atoms with Crippen LogP contribution in [0.1, 0.15) is 26.6 Å². The Labute approximate surface area is 126 Å². The van der Waals surface area contributed by atoms with Crippen molar-refractivity contribution >= 4 is 29.3 Å². The zero-order chi connectivity index (χ0) is 15.4. The number of hydrogen-bond acceptors (Lipinski definition) is 4. The van der Waals surface area contributed by atoms with Crippen molar-refractivity contribution in [3.05, 3.63) is 51.6 Å². The fourth-order valence-corrected chi connectivity index (χ4v) is 2.76. The van der Waals surface area contributed by atoms with E-state index < -0.39 is 5.97 Å². The monoisotopic (exact) mass is 305 g/mol. The molecule has 0 spiro atoms. The lowest BCUT2D eigenvalue weighted by Crippen LogP contribution is -2.25. The maximum atomic E-state index is 12.2. The molecule has 0 saturated heterocycles. The van der Waals surface area contributed by atoms with E-state index >= 15 is 0 Å². The van der Waals surface area contributed by atoms with Crippen LogP contribution < -0.4 is 0 Å². The number of carbonyl (C=O) groups excluding carboxylic acids is 1. The van der Waals surface area contributed by atoms with Gasteiger partial charge in [-0.3, -0.25) is 4.79 Å². The zero-order valence-corrected chi connectivity index (χ0v) is 12.5. The van der Waals surface area contributed by atoms with Crippen LogP contribution in [0, 0.1) is 6.92 Å². The number of thiophene rings is 1. The third kappa shape index (κ3) is 3.82. The van der Waals surface area contributed by atoms with Crippen LogP contribution in [0.3, 0.4) is 0 Å². The fraction of sp³-hybridized carbons (Fsp3) is 0.200. The molecule has 2 aromatic heterocycles. The molecule has 0 aromatic carbocycles. The van der Waals surface area contributed by atoms with Gasteiger partial charge in [-0.1, -0.05) is 0 Å². The van der Waals surface area contributed by atoms with Crippen molar-refractivity contribution in [2.45, 2.75) is 13.5 Å². The number of hydrogen-bond donors (Lipinski definition) is 1. The van der Waals surface area contributed by atoms with E-state index in [-0.39, 0.29) is 5.91 Å². The number of furan rings is 1. The van der Waals surface area contributed by atoms with E-state index in [0.717, 1.165) is 16.5 Å². The summed E-state index contributed by atoms with van der Waals surface area (Å²) in [7, 11) is 1.72. The molecule has 5 nitrogen and oxygen atoms in total. The smallest absolute Gasteiger partial charge is 0.328 e. The van der Waals surface area contributed by atoms with Crippen molar-refractivity contribution in [1.29, 1.82) is 0 Å². The first-order chi connectivity index (χ1) is 9.97. The van der Waals surface area contributed by atoms with E-state index in [2.05, 4.69) is 0 Å². The Balaban J connectivity index is 2.03. The molecule has 21 heavy (non-hydrogen) atoms. The van der Waals surface area contributed by atoms with Gasteiger partial charge in [0.2, 0.25) is 0 Å². The molecule has 0 aliphatic carbocycles. The lowest BCUT2D eigenvalue weighted by molar-refractivity contribution is -0.131. The molecule has 1 amide bonds. The van der Waals surface area contributed by atoms with Gasteiger partial charge in [0, 0.05) is 18.0 Å². The topological polar surface area (TPSA) is 70.8 Å². The molecule has 2 aromatic rings. The van der Waals surface area contributed by atoms with Gasteiger partial charge < -0.3 is 14.4 Å². The van der Waals surface area contributed by atoms with Crippen molar-refractivity contribution in [3.63, 3.8) is 0 Å². The molecule has 6 heteroatoms. The molecule has 0 saturated carbocycles. The maximum Gasteiger partial charge on any atom is 0.328 e. The van der Waals surface area contributed by atoms with E-state index in [4.69, 9.17) is 9.52 Å². The Bertz CT molecular complexity index is 683. The molecule has 0 fully saturated rings. The minimum Gasteiger partial charge on any atom is -0.478 e. The van der Waals surface area contributed by atoms with Gasteiger partial charge >= 0.3 is 5.97 Å². The van der Waals surface area contributed by atoms with E-state index in [1.807, 2.05) is 11.4 Å². The molecular weight excluding hydrogens is 290 g/mol. The Hall–Kier alpha value is -2.34. The van der Waals surface area contributed by atoms with E-state index in [1.54, 1.807) is 24.9 Å². The lowest BCUT2D eigenvalue weighted by atomic mass is 10.2. The predicted octanol–water partition coefficient (Wildman–Crippen LogP) is 3.02. The van der Waals surface area contributed by atoms with Crippen molar-refractivity contribution in [2.24, 2.45) is 0 Å². The minimum atomic E-state index is -0.981. The molecule has 0 radical (unpaired) electrons. The molecule has 1 N–H and O–H groups in total. The van der Waals surface area contributed by atoms with E-state index in [0.29, 0.717) is 17.9 Å². The number of carbonyl (C=O) groups is 2. The summed E-state index contributed by atoms with van der Waals surface area (Å²) < 4.78 is 5.13. The van der Waals surface area contributed by atoms with Gasteiger partial charge in [-0.05, 0) is 36.1 Å². The first-order valence-corrected chi connectivity index (χ1v) is 7.13. The number of carboxylic acids is 1. The molecule has 2 rings (SSSR count). The van der Waals surface area contributed by atoms with Crippen molar-refractivity contribution < 1.29 is 19.1 Å². The summed E-state index contributed by atoms with van der Waals surface area (Å²) in [5.74, 6) is -0.481. The van der Waals surface area contributed by atoms with Gasteiger partial charge in [0.25, 0.3) is 5.91 Å².